The second-order valence-corrected chi connectivity index (χ2v) is 2.91. The maximum Gasteiger partial charge on any atom is 1.00 e. The molecule has 0 unspecified atom stereocenters. The summed E-state index contributed by atoms with van der Waals surface area (Å²) >= 11 is 1.47. The number of nitrogens with zero attached hydrogens (tertiary/aromatic N) is 2. The number of anilines is 1. The predicted molar refractivity (Wildman–Crippen MR) is 56.1 cm³/mol. The second-order valence-electron chi connectivity index (χ2n) is 2.14. The summed E-state index contributed by atoms with van der Waals surface area (Å²) in [4.78, 5) is 8.19. The van der Waals surface area contributed by atoms with E-state index in [1.807, 2.05) is 6.26 Å². The van der Waals surface area contributed by atoms with Gasteiger partial charge in [-0.3, -0.25) is 0 Å². The number of aliphatic hydroxyl groups is 1. The van der Waals surface area contributed by atoms with Gasteiger partial charge in [0.05, 0.1) is 6.61 Å². The summed E-state index contributed by atoms with van der Waals surface area (Å²) in [6, 6.07) is 0. The van der Waals surface area contributed by atoms with E-state index in [1.165, 1.54) is 11.8 Å². The molecule has 3 radical (unpaired) electrons. The van der Waals surface area contributed by atoms with Gasteiger partial charge >= 0.3 is 18.9 Å². The molecule has 0 aliphatic heterocycles. The fraction of sp³-hybridized carbons (Fsp3) is 0.429. The van der Waals surface area contributed by atoms with E-state index < -0.39 is 0 Å². The summed E-state index contributed by atoms with van der Waals surface area (Å²) in [5, 5.41) is 12.5. The van der Waals surface area contributed by atoms with Crippen LogP contribution in [0.5, 0.6) is 0 Å². The molecular weight excluding hydrogens is 208 g/mol. The van der Waals surface area contributed by atoms with Crippen molar-refractivity contribution < 1.29 is 25.4 Å². The number of rotatable bonds is 3. The molecule has 1 rings (SSSR count). The summed E-state index contributed by atoms with van der Waals surface area (Å²) in [6.45, 7) is -0.0369. The van der Waals surface area contributed by atoms with Crippen molar-refractivity contribution >= 4 is 34.9 Å². The van der Waals surface area contributed by atoms with E-state index in [9.17, 15) is 0 Å². The second kappa shape index (κ2) is 8.61. The Kier molecular flexibility index (Phi) is 10.3. The molecule has 71 valence electrons. The molecule has 0 saturated heterocycles. The molecule has 0 saturated carbocycles. The fourth-order valence-corrected chi connectivity index (χ4v) is 1.16. The van der Waals surface area contributed by atoms with Crippen LogP contribution < -0.4 is 24.2 Å². The molecule has 0 aliphatic carbocycles. The van der Waals surface area contributed by atoms with Gasteiger partial charge in [-0.05, 0) is 6.26 Å². The maximum atomic E-state index is 8.89. The monoisotopic (exact) mass is 220 g/mol. The molecule has 0 amide bonds. The van der Waals surface area contributed by atoms with Crippen LogP contribution in [0.3, 0.4) is 0 Å². The van der Waals surface area contributed by atoms with Crippen molar-refractivity contribution in [3.05, 3.63) is 11.8 Å². The quantitative estimate of drug-likeness (QED) is 0.334. The first-order valence-corrected chi connectivity index (χ1v) is 4.72. The standard InChI is InChI=1S/C7H11N3OS.Al.Li.H/c1-8-6-5(4-11)3-9-7(10-6)12-2;;;/h3,11H,4H2,1-2H3,(H,8,9,10);;;/q;;+1;-1. The van der Waals surface area contributed by atoms with Crippen LogP contribution in [0.2, 0.25) is 0 Å². The van der Waals surface area contributed by atoms with E-state index in [1.54, 1.807) is 13.2 Å². The molecule has 0 aliphatic rings. The normalized spacial score (nSPS) is 8.50. The Labute approximate surface area is 112 Å². The number of aliphatic hydroxyl groups excluding tert-OH is 1. The van der Waals surface area contributed by atoms with Gasteiger partial charge in [0.15, 0.2) is 5.16 Å². The van der Waals surface area contributed by atoms with Gasteiger partial charge in [0.25, 0.3) is 0 Å². The van der Waals surface area contributed by atoms with Gasteiger partial charge < -0.3 is 11.8 Å². The Morgan fingerprint density at radius 3 is 2.71 bits per heavy atom. The molecule has 0 bridgehead atoms. The van der Waals surface area contributed by atoms with Gasteiger partial charge in [-0.25, -0.2) is 9.97 Å². The van der Waals surface area contributed by atoms with E-state index in [0.29, 0.717) is 11.0 Å². The van der Waals surface area contributed by atoms with Crippen molar-refractivity contribution in [2.75, 3.05) is 18.6 Å². The van der Waals surface area contributed by atoms with Crippen LogP contribution in [0.1, 0.15) is 6.99 Å². The van der Waals surface area contributed by atoms with Crippen LogP contribution in [0, 0.1) is 0 Å². The zero-order valence-electron chi connectivity index (χ0n) is 9.61. The minimum atomic E-state index is -0.0369. The summed E-state index contributed by atoms with van der Waals surface area (Å²) in [6.07, 6.45) is 3.54. The molecule has 1 aromatic heterocycles. The fourth-order valence-electron chi connectivity index (χ4n) is 0.821. The largest absolute Gasteiger partial charge is 1.00 e. The van der Waals surface area contributed by atoms with Crippen LogP contribution in [-0.2, 0) is 6.61 Å². The Morgan fingerprint density at radius 2 is 2.29 bits per heavy atom. The van der Waals surface area contributed by atoms with Crippen molar-refractivity contribution in [3.8, 4) is 0 Å². The topological polar surface area (TPSA) is 58.0 Å². The van der Waals surface area contributed by atoms with Crippen LogP contribution in [0.25, 0.3) is 0 Å². The van der Waals surface area contributed by atoms with Gasteiger partial charge in [0, 0.05) is 36.2 Å². The smallest absolute Gasteiger partial charge is 1.00 e. The molecule has 7 heteroatoms. The van der Waals surface area contributed by atoms with E-state index >= 15 is 0 Å². The van der Waals surface area contributed by atoms with Gasteiger partial charge in [0.2, 0.25) is 0 Å². The van der Waals surface area contributed by atoms with Gasteiger partial charge in [-0.1, -0.05) is 11.8 Å². The molecule has 0 spiro atoms. The first-order chi connectivity index (χ1) is 5.81. The third kappa shape index (κ3) is 4.23. The summed E-state index contributed by atoms with van der Waals surface area (Å²) < 4.78 is 0. The zero-order valence-corrected chi connectivity index (χ0v) is 10.6. The van der Waals surface area contributed by atoms with Crippen molar-refractivity contribution in [1.29, 1.82) is 0 Å². The van der Waals surface area contributed by atoms with Crippen LogP contribution in [-0.4, -0.2) is 45.7 Å². The molecule has 0 fully saturated rings. The van der Waals surface area contributed by atoms with Gasteiger partial charge in [-0.15, -0.1) is 0 Å². The van der Waals surface area contributed by atoms with Crippen molar-refractivity contribution in [2.45, 2.75) is 11.8 Å². The average molecular weight is 220 g/mol. The molecule has 0 aromatic carbocycles. The van der Waals surface area contributed by atoms with E-state index in [4.69, 9.17) is 5.11 Å². The Morgan fingerprint density at radius 1 is 1.64 bits per heavy atom. The molecular formula is C7H12AlLiN3OS. The van der Waals surface area contributed by atoms with E-state index in [-0.39, 0.29) is 44.3 Å². The number of thioether (sulfide) groups is 1. The number of hydrogen-bond acceptors (Lipinski definition) is 5. The third-order valence-corrected chi connectivity index (χ3v) is 1.99. The van der Waals surface area contributed by atoms with Crippen molar-refractivity contribution in [2.24, 2.45) is 0 Å². The van der Waals surface area contributed by atoms with Crippen molar-refractivity contribution in [3.63, 3.8) is 0 Å². The van der Waals surface area contributed by atoms with Gasteiger partial charge in [0.1, 0.15) is 5.82 Å². The molecule has 4 nitrogen and oxygen atoms in total. The van der Waals surface area contributed by atoms with E-state index in [2.05, 4.69) is 15.3 Å². The number of nitrogens with one attached hydrogen (secondary N) is 1. The number of hydrogen-bond donors (Lipinski definition) is 2. The first-order valence-electron chi connectivity index (χ1n) is 3.50. The zero-order chi connectivity index (χ0) is 8.97. The molecule has 1 heterocycles. The van der Waals surface area contributed by atoms with Crippen LogP contribution >= 0.6 is 11.8 Å². The first kappa shape index (κ1) is 16.7. The SMILES string of the molecule is CNc1nc(SC)ncc1CO.[Al].[H-].[Li+]. The minimum absolute atomic E-state index is 0. The van der Waals surface area contributed by atoms with Crippen LogP contribution in [0.15, 0.2) is 11.4 Å². The van der Waals surface area contributed by atoms with Gasteiger partial charge in [-0.2, -0.15) is 0 Å². The minimum Gasteiger partial charge on any atom is -1.00 e. The third-order valence-electron chi connectivity index (χ3n) is 1.43. The number of aromatic nitrogens is 2. The molecule has 14 heavy (non-hydrogen) atoms. The Hall–Kier alpha value is 0.320. The molecule has 0 atom stereocenters. The Bertz CT molecular complexity index is 282. The predicted octanol–water partition coefficient (Wildman–Crippen LogP) is -2.53. The summed E-state index contributed by atoms with van der Waals surface area (Å²) in [5.41, 5.74) is 0.718. The van der Waals surface area contributed by atoms with Crippen LogP contribution in [0.4, 0.5) is 5.82 Å². The maximum absolute atomic E-state index is 8.89. The summed E-state index contributed by atoms with van der Waals surface area (Å²) in [7, 11) is 1.77. The molecule has 1 aromatic rings. The molecule has 2 N–H and O–H groups in total. The summed E-state index contributed by atoms with van der Waals surface area (Å²) in [5.74, 6) is 0.692. The van der Waals surface area contributed by atoms with Crippen molar-refractivity contribution in [1.82, 2.24) is 9.97 Å². The average Bonchev–Trinajstić information content (AvgIpc) is 2.16. The van der Waals surface area contributed by atoms with E-state index in [0.717, 1.165) is 5.56 Å². The Balaban J connectivity index is -0.000000480.